The van der Waals surface area contributed by atoms with Crippen LogP contribution in [0.4, 0.5) is 5.69 Å². The molecule has 1 heterocycles. The van der Waals surface area contributed by atoms with Gasteiger partial charge in [-0.3, -0.25) is 4.79 Å². The minimum atomic E-state index is 0.111. The molecule has 4 heteroatoms. The van der Waals surface area contributed by atoms with Gasteiger partial charge in [0.15, 0.2) is 0 Å². The fraction of sp³-hybridized carbons (Fsp3) is 0.562. The van der Waals surface area contributed by atoms with Crippen molar-refractivity contribution in [1.29, 1.82) is 0 Å². The topological polar surface area (TPSA) is 51.3 Å². The van der Waals surface area contributed by atoms with Gasteiger partial charge in [0.2, 0.25) is 0 Å². The van der Waals surface area contributed by atoms with E-state index in [4.69, 9.17) is 5.73 Å². The highest BCUT2D eigenvalue weighted by molar-refractivity contribution is 5.94. The van der Waals surface area contributed by atoms with E-state index in [-0.39, 0.29) is 5.91 Å². The molecule has 20 heavy (non-hydrogen) atoms. The lowest BCUT2D eigenvalue weighted by Crippen LogP contribution is -2.39. The summed E-state index contributed by atoms with van der Waals surface area (Å²) in [4.78, 5) is 14.9. The van der Waals surface area contributed by atoms with Gasteiger partial charge in [-0.1, -0.05) is 18.9 Å². The van der Waals surface area contributed by atoms with Gasteiger partial charge in [-0.25, -0.2) is 0 Å². The molecule has 4 nitrogen and oxygen atoms in total. The van der Waals surface area contributed by atoms with Crippen molar-refractivity contribution in [3.05, 3.63) is 30.6 Å². The van der Waals surface area contributed by atoms with E-state index in [1.165, 1.54) is 12.8 Å². The molecule has 0 spiro atoms. The van der Waals surface area contributed by atoms with Crippen molar-refractivity contribution in [3.63, 3.8) is 0 Å². The number of hydrogen-bond acceptors (Lipinski definition) is 2. The third-order valence-electron chi connectivity index (χ3n) is 4.38. The van der Waals surface area contributed by atoms with Gasteiger partial charge >= 0.3 is 0 Å². The molecule has 0 aliphatic heterocycles. The molecular formula is C16H23N3O. The van der Waals surface area contributed by atoms with E-state index in [9.17, 15) is 4.79 Å². The average Bonchev–Trinajstić information content (AvgIpc) is 2.99. The number of carbonyl (C=O) groups is 1. The van der Waals surface area contributed by atoms with Crippen LogP contribution in [0.25, 0.3) is 0 Å². The van der Waals surface area contributed by atoms with Crippen LogP contribution in [0, 0.1) is 0 Å². The fourth-order valence-electron chi connectivity index (χ4n) is 3.23. The molecule has 3 rings (SSSR count). The number of hydrogen-bond donors (Lipinski definition) is 1. The van der Waals surface area contributed by atoms with E-state index in [0.29, 0.717) is 24.3 Å². The monoisotopic (exact) mass is 273 g/mol. The summed E-state index contributed by atoms with van der Waals surface area (Å²) in [5, 5.41) is 0. The average molecular weight is 273 g/mol. The zero-order chi connectivity index (χ0) is 14.1. The van der Waals surface area contributed by atoms with Crippen LogP contribution in [0.3, 0.4) is 0 Å². The highest BCUT2D eigenvalue weighted by Crippen LogP contribution is 2.37. The second-order valence-electron chi connectivity index (χ2n) is 5.98. The maximum Gasteiger partial charge on any atom is 0.271 e. The molecule has 108 valence electrons. The molecule has 2 aliphatic carbocycles. The first kappa shape index (κ1) is 13.3. The van der Waals surface area contributed by atoms with E-state index in [1.54, 1.807) is 0 Å². The third kappa shape index (κ3) is 2.47. The van der Waals surface area contributed by atoms with Crippen LogP contribution in [0.15, 0.2) is 24.9 Å². The second kappa shape index (κ2) is 5.35. The van der Waals surface area contributed by atoms with E-state index in [0.717, 1.165) is 31.4 Å². The molecule has 1 aromatic rings. The van der Waals surface area contributed by atoms with E-state index in [2.05, 4.69) is 11.1 Å². The van der Waals surface area contributed by atoms with Gasteiger partial charge in [-0.05, 0) is 31.7 Å². The Morgan fingerprint density at radius 3 is 2.70 bits per heavy atom. The molecule has 0 aromatic carbocycles. The molecule has 0 bridgehead atoms. The Bertz CT molecular complexity index is 510. The molecule has 0 atom stereocenters. The molecular weight excluding hydrogens is 250 g/mol. The number of nitrogens with two attached hydrogens (primary N) is 1. The quantitative estimate of drug-likeness (QED) is 0.838. The number of nitrogens with zero attached hydrogens (tertiary/aromatic N) is 2. The van der Waals surface area contributed by atoms with Crippen molar-refractivity contribution >= 4 is 11.6 Å². The number of rotatable bonds is 5. The minimum Gasteiger partial charge on any atom is -0.397 e. The Morgan fingerprint density at radius 1 is 1.40 bits per heavy atom. The highest BCUT2D eigenvalue weighted by atomic mass is 16.2. The van der Waals surface area contributed by atoms with E-state index < -0.39 is 0 Å². The molecule has 2 saturated carbocycles. The van der Waals surface area contributed by atoms with Crippen molar-refractivity contribution < 1.29 is 4.79 Å². The predicted octanol–water partition coefficient (Wildman–Crippen LogP) is 2.98. The summed E-state index contributed by atoms with van der Waals surface area (Å²) in [5.41, 5.74) is 7.33. The van der Waals surface area contributed by atoms with Crippen LogP contribution in [0.5, 0.6) is 0 Å². The van der Waals surface area contributed by atoms with Crippen molar-refractivity contribution in [2.24, 2.45) is 0 Å². The van der Waals surface area contributed by atoms with Gasteiger partial charge in [0.25, 0.3) is 5.91 Å². The van der Waals surface area contributed by atoms with E-state index >= 15 is 0 Å². The van der Waals surface area contributed by atoms with E-state index in [1.807, 2.05) is 23.2 Å². The van der Waals surface area contributed by atoms with Crippen molar-refractivity contribution in [3.8, 4) is 0 Å². The number of amides is 1. The van der Waals surface area contributed by atoms with Gasteiger partial charge in [0, 0.05) is 24.8 Å². The zero-order valence-electron chi connectivity index (χ0n) is 11.9. The molecule has 1 aromatic heterocycles. The molecule has 0 unspecified atom stereocenters. The van der Waals surface area contributed by atoms with Crippen molar-refractivity contribution in [1.82, 2.24) is 9.47 Å². The number of aromatic nitrogens is 1. The zero-order valence-corrected chi connectivity index (χ0v) is 11.9. The number of anilines is 1. The SMILES string of the molecule is C=CCN(C(=O)c1cc(N)cn1C1CC1)C1CCCC1. The summed E-state index contributed by atoms with van der Waals surface area (Å²) in [6.45, 7) is 4.42. The number of carbonyl (C=O) groups excluding carboxylic acids is 1. The fourth-order valence-corrected chi connectivity index (χ4v) is 3.23. The maximum absolute atomic E-state index is 12.9. The standard InChI is InChI=1S/C16H23N3O/c1-2-9-18(13-5-3-4-6-13)16(20)15-10-12(17)11-19(15)14-7-8-14/h2,10-11,13-14H,1,3-9,17H2. The van der Waals surface area contributed by atoms with Gasteiger partial charge in [-0.15, -0.1) is 6.58 Å². The lowest BCUT2D eigenvalue weighted by molar-refractivity contribution is 0.0695. The number of nitrogen functional groups attached to an aromatic ring is 1. The maximum atomic E-state index is 12.9. The van der Waals surface area contributed by atoms with Crippen LogP contribution in [-0.2, 0) is 0 Å². The van der Waals surface area contributed by atoms with Crippen LogP contribution < -0.4 is 5.73 Å². The minimum absolute atomic E-state index is 0.111. The van der Waals surface area contributed by atoms with Gasteiger partial charge in [-0.2, -0.15) is 0 Å². The Hall–Kier alpha value is -1.71. The van der Waals surface area contributed by atoms with Crippen molar-refractivity contribution in [2.75, 3.05) is 12.3 Å². The van der Waals surface area contributed by atoms with Crippen LogP contribution >= 0.6 is 0 Å². The highest BCUT2D eigenvalue weighted by Gasteiger charge is 2.32. The first-order chi connectivity index (χ1) is 9.70. The summed E-state index contributed by atoms with van der Waals surface area (Å²) >= 11 is 0. The lowest BCUT2D eigenvalue weighted by Gasteiger charge is -2.28. The Morgan fingerprint density at radius 2 is 2.10 bits per heavy atom. The lowest BCUT2D eigenvalue weighted by atomic mass is 10.2. The van der Waals surface area contributed by atoms with Crippen LogP contribution in [0.1, 0.15) is 55.1 Å². The molecule has 0 saturated heterocycles. The second-order valence-corrected chi connectivity index (χ2v) is 5.98. The molecule has 0 radical (unpaired) electrons. The van der Waals surface area contributed by atoms with Crippen LogP contribution in [0.2, 0.25) is 0 Å². The Kier molecular flexibility index (Phi) is 3.55. The first-order valence-corrected chi connectivity index (χ1v) is 7.60. The molecule has 2 fully saturated rings. The van der Waals surface area contributed by atoms with Gasteiger partial charge < -0.3 is 15.2 Å². The van der Waals surface area contributed by atoms with Gasteiger partial charge in [0.1, 0.15) is 5.69 Å². The largest absolute Gasteiger partial charge is 0.397 e. The summed E-state index contributed by atoms with van der Waals surface area (Å²) < 4.78 is 2.07. The normalized spacial score (nSPS) is 19.2. The van der Waals surface area contributed by atoms with Crippen molar-refractivity contribution in [2.45, 2.75) is 50.6 Å². The molecule has 1 amide bonds. The predicted molar refractivity (Wildman–Crippen MR) is 80.6 cm³/mol. The Labute approximate surface area is 120 Å². The Balaban J connectivity index is 1.86. The smallest absolute Gasteiger partial charge is 0.271 e. The molecule has 2 N–H and O–H groups in total. The third-order valence-corrected chi connectivity index (χ3v) is 4.38. The first-order valence-electron chi connectivity index (χ1n) is 7.60. The van der Waals surface area contributed by atoms with Gasteiger partial charge in [0.05, 0.1) is 5.69 Å². The summed E-state index contributed by atoms with van der Waals surface area (Å²) in [7, 11) is 0. The van der Waals surface area contributed by atoms with Crippen LogP contribution in [-0.4, -0.2) is 28.0 Å². The summed E-state index contributed by atoms with van der Waals surface area (Å²) in [5.74, 6) is 0.111. The summed E-state index contributed by atoms with van der Waals surface area (Å²) in [6, 6.07) is 2.66. The molecule has 2 aliphatic rings. The summed E-state index contributed by atoms with van der Waals surface area (Å²) in [6.07, 6.45) is 10.7.